The van der Waals surface area contributed by atoms with Gasteiger partial charge in [-0.3, -0.25) is 4.79 Å². The predicted octanol–water partition coefficient (Wildman–Crippen LogP) is 5.14. The van der Waals surface area contributed by atoms with Gasteiger partial charge >= 0.3 is 0 Å². The monoisotopic (exact) mass is 476 g/mol. The molecule has 1 atom stereocenters. The van der Waals surface area contributed by atoms with E-state index < -0.39 is 22.0 Å². The van der Waals surface area contributed by atoms with Crippen molar-refractivity contribution in [2.75, 3.05) is 5.32 Å². The first-order chi connectivity index (χ1) is 14.6. The van der Waals surface area contributed by atoms with E-state index >= 15 is 0 Å². The Morgan fingerprint density at radius 1 is 0.935 bits per heavy atom. The average Bonchev–Trinajstić information content (AvgIpc) is 2.69. The third kappa shape index (κ3) is 6.31. The lowest BCUT2D eigenvalue weighted by atomic mass is 10.1. The van der Waals surface area contributed by atoms with Crippen LogP contribution in [0.3, 0.4) is 0 Å². The molecular formula is C23H22Cl2N2O3S. The molecule has 0 unspecified atom stereocenters. The minimum Gasteiger partial charge on any atom is -0.325 e. The number of rotatable bonds is 7. The lowest BCUT2D eigenvalue weighted by Gasteiger charge is -2.20. The summed E-state index contributed by atoms with van der Waals surface area (Å²) in [4.78, 5) is 12.9. The van der Waals surface area contributed by atoms with Crippen LogP contribution in [0.4, 0.5) is 5.69 Å². The van der Waals surface area contributed by atoms with E-state index in [4.69, 9.17) is 23.2 Å². The molecule has 162 valence electrons. The molecule has 8 heteroatoms. The number of sulfonamides is 1. The van der Waals surface area contributed by atoms with Crippen LogP contribution in [-0.4, -0.2) is 20.4 Å². The quantitative estimate of drug-likeness (QED) is 0.495. The summed E-state index contributed by atoms with van der Waals surface area (Å²) in [5.74, 6) is -0.476. The Kier molecular flexibility index (Phi) is 7.38. The number of carbonyl (C=O) groups excluding carboxylic acids is 1. The number of hydrogen-bond acceptors (Lipinski definition) is 3. The molecule has 31 heavy (non-hydrogen) atoms. The Labute approximate surface area is 192 Å². The molecule has 0 aliphatic heterocycles. The highest BCUT2D eigenvalue weighted by molar-refractivity contribution is 7.89. The molecule has 5 nitrogen and oxygen atoms in total. The molecule has 1 amide bonds. The first-order valence-electron chi connectivity index (χ1n) is 9.54. The first kappa shape index (κ1) is 23.3. The van der Waals surface area contributed by atoms with Crippen molar-refractivity contribution in [3.63, 3.8) is 0 Å². The van der Waals surface area contributed by atoms with Gasteiger partial charge in [0, 0.05) is 10.7 Å². The number of aryl methyl sites for hydroxylation is 2. The van der Waals surface area contributed by atoms with Crippen LogP contribution in [0.5, 0.6) is 0 Å². The van der Waals surface area contributed by atoms with E-state index in [2.05, 4.69) is 10.0 Å². The maximum absolute atomic E-state index is 13.1. The summed E-state index contributed by atoms with van der Waals surface area (Å²) in [5.41, 5.74) is 3.38. The van der Waals surface area contributed by atoms with Crippen molar-refractivity contribution < 1.29 is 13.2 Å². The third-order valence-corrected chi connectivity index (χ3v) is 6.76. The van der Waals surface area contributed by atoms with E-state index in [0.29, 0.717) is 5.69 Å². The fraction of sp³-hybridized carbons (Fsp3) is 0.174. The van der Waals surface area contributed by atoms with Crippen molar-refractivity contribution in [1.29, 1.82) is 0 Å². The van der Waals surface area contributed by atoms with Crippen LogP contribution < -0.4 is 10.0 Å². The number of carbonyl (C=O) groups is 1. The van der Waals surface area contributed by atoms with E-state index in [1.807, 2.05) is 62.4 Å². The minimum absolute atomic E-state index is 0.0186. The summed E-state index contributed by atoms with van der Waals surface area (Å²) in [6, 6.07) is 17.9. The Hall–Kier alpha value is -2.38. The average molecular weight is 477 g/mol. The molecule has 3 aromatic carbocycles. The molecule has 3 aromatic rings. The SMILES string of the molecule is Cc1cc(C)cc(NC(=O)[C@@H](Cc2ccccc2)NS(=O)(=O)c2cc(Cl)ccc2Cl)c1. The second-order valence-corrected chi connectivity index (χ2v) is 9.83. The number of halogens is 2. The minimum atomic E-state index is -4.11. The molecule has 3 rings (SSSR count). The highest BCUT2D eigenvalue weighted by Crippen LogP contribution is 2.25. The summed E-state index contributed by atoms with van der Waals surface area (Å²) in [6.07, 6.45) is 0.162. The first-order valence-corrected chi connectivity index (χ1v) is 11.8. The number of hydrogen-bond donors (Lipinski definition) is 2. The van der Waals surface area contributed by atoms with Crippen LogP contribution in [0, 0.1) is 13.8 Å². The molecule has 0 heterocycles. The third-order valence-electron chi connectivity index (χ3n) is 4.57. The number of amides is 1. The van der Waals surface area contributed by atoms with Crippen LogP contribution in [-0.2, 0) is 21.2 Å². The molecule has 2 N–H and O–H groups in total. The van der Waals surface area contributed by atoms with Crippen molar-refractivity contribution in [2.24, 2.45) is 0 Å². The molecule has 0 radical (unpaired) electrons. The van der Waals surface area contributed by atoms with Gasteiger partial charge in [0.25, 0.3) is 0 Å². The van der Waals surface area contributed by atoms with Gasteiger partial charge in [-0.1, -0.05) is 59.6 Å². The van der Waals surface area contributed by atoms with Gasteiger partial charge in [0.05, 0.1) is 5.02 Å². The van der Waals surface area contributed by atoms with Gasteiger partial charge in [0.1, 0.15) is 10.9 Å². The lowest BCUT2D eigenvalue weighted by Crippen LogP contribution is -2.45. The molecule has 0 aliphatic carbocycles. The van der Waals surface area contributed by atoms with E-state index in [-0.39, 0.29) is 21.4 Å². The Morgan fingerprint density at radius 2 is 1.58 bits per heavy atom. The Balaban J connectivity index is 1.92. The zero-order chi connectivity index (χ0) is 22.6. The van der Waals surface area contributed by atoms with Crippen LogP contribution in [0.2, 0.25) is 10.0 Å². The second kappa shape index (κ2) is 9.83. The Morgan fingerprint density at radius 3 is 2.23 bits per heavy atom. The number of nitrogens with one attached hydrogen (secondary N) is 2. The standard InChI is InChI=1S/C23H22Cl2N2O3S/c1-15-10-16(2)12-19(11-15)26-23(28)21(13-17-6-4-3-5-7-17)27-31(29,30)22-14-18(24)8-9-20(22)25/h3-12,14,21,27H,13H2,1-2H3,(H,26,28)/t21-/m1/s1. The van der Waals surface area contributed by atoms with Crippen molar-refractivity contribution in [2.45, 2.75) is 31.2 Å². The van der Waals surface area contributed by atoms with E-state index in [9.17, 15) is 13.2 Å². The lowest BCUT2D eigenvalue weighted by molar-refractivity contribution is -0.117. The molecule has 0 saturated heterocycles. The summed E-state index contributed by atoms with van der Waals surface area (Å²) in [6.45, 7) is 3.85. The van der Waals surface area contributed by atoms with Crippen molar-refractivity contribution in [1.82, 2.24) is 4.72 Å². The normalized spacial score (nSPS) is 12.4. The van der Waals surface area contributed by atoms with Crippen LogP contribution in [0.25, 0.3) is 0 Å². The van der Waals surface area contributed by atoms with E-state index in [1.165, 1.54) is 18.2 Å². The predicted molar refractivity (Wildman–Crippen MR) is 125 cm³/mol. The maximum atomic E-state index is 13.1. The zero-order valence-corrected chi connectivity index (χ0v) is 19.4. The molecule has 0 bridgehead atoms. The molecule has 0 aliphatic rings. The summed E-state index contributed by atoms with van der Waals surface area (Å²) < 4.78 is 28.6. The second-order valence-electron chi connectivity index (χ2n) is 7.30. The highest BCUT2D eigenvalue weighted by atomic mass is 35.5. The van der Waals surface area contributed by atoms with Crippen molar-refractivity contribution in [3.8, 4) is 0 Å². The van der Waals surface area contributed by atoms with E-state index in [1.54, 1.807) is 0 Å². The number of benzene rings is 3. The zero-order valence-electron chi connectivity index (χ0n) is 17.0. The van der Waals surface area contributed by atoms with Gasteiger partial charge in [-0.25, -0.2) is 8.42 Å². The smallest absolute Gasteiger partial charge is 0.242 e. The van der Waals surface area contributed by atoms with Gasteiger partial charge in [0.2, 0.25) is 15.9 Å². The van der Waals surface area contributed by atoms with Crippen LogP contribution >= 0.6 is 23.2 Å². The van der Waals surface area contributed by atoms with Gasteiger partial charge < -0.3 is 5.32 Å². The van der Waals surface area contributed by atoms with Gasteiger partial charge in [-0.05, 0) is 67.3 Å². The van der Waals surface area contributed by atoms with Gasteiger partial charge in [-0.15, -0.1) is 0 Å². The fourth-order valence-corrected chi connectivity index (χ4v) is 5.21. The molecule has 0 saturated carbocycles. The molecular weight excluding hydrogens is 455 g/mol. The molecule has 0 aromatic heterocycles. The van der Waals surface area contributed by atoms with Crippen LogP contribution in [0.1, 0.15) is 16.7 Å². The van der Waals surface area contributed by atoms with Crippen LogP contribution in [0.15, 0.2) is 71.6 Å². The summed E-state index contributed by atoms with van der Waals surface area (Å²) in [7, 11) is -4.11. The van der Waals surface area contributed by atoms with Crippen molar-refractivity contribution in [3.05, 3.63) is 93.5 Å². The molecule has 0 spiro atoms. The summed E-state index contributed by atoms with van der Waals surface area (Å²) in [5, 5.41) is 3.06. The Bertz CT molecular complexity index is 1180. The number of anilines is 1. The van der Waals surface area contributed by atoms with Gasteiger partial charge in [0.15, 0.2) is 0 Å². The van der Waals surface area contributed by atoms with Gasteiger partial charge in [-0.2, -0.15) is 4.72 Å². The fourth-order valence-electron chi connectivity index (χ4n) is 3.25. The van der Waals surface area contributed by atoms with E-state index in [0.717, 1.165) is 16.7 Å². The van der Waals surface area contributed by atoms with Crippen molar-refractivity contribution >= 4 is 44.8 Å². The molecule has 0 fully saturated rings. The summed E-state index contributed by atoms with van der Waals surface area (Å²) >= 11 is 12.0. The maximum Gasteiger partial charge on any atom is 0.242 e. The highest BCUT2D eigenvalue weighted by Gasteiger charge is 2.28. The topological polar surface area (TPSA) is 75.3 Å². The largest absolute Gasteiger partial charge is 0.325 e.